The van der Waals surface area contributed by atoms with Gasteiger partial charge in [-0.1, -0.05) is 30.3 Å². The third kappa shape index (κ3) is 2.46. The van der Waals surface area contributed by atoms with Crippen LogP contribution >= 0.6 is 11.3 Å². The van der Waals surface area contributed by atoms with Gasteiger partial charge in [-0.05, 0) is 5.56 Å². The minimum Gasteiger partial charge on any atom is -0.284 e. The van der Waals surface area contributed by atoms with Crippen molar-refractivity contribution in [2.24, 2.45) is 0 Å². The zero-order chi connectivity index (χ0) is 11.4. The second kappa shape index (κ2) is 4.90. The van der Waals surface area contributed by atoms with E-state index in [0.717, 1.165) is 10.7 Å². The Bertz CT molecular complexity index is 453. The van der Waals surface area contributed by atoms with E-state index in [1.54, 1.807) is 18.0 Å². The number of hydrogen-bond donors (Lipinski definition) is 0. The molecule has 0 spiro atoms. The molecule has 1 aromatic carbocycles. The molecule has 0 aliphatic rings. The highest BCUT2D eigenvalue weighted by atomic mass is 32.1. The van der Waals surface area contributed by atoms with Crippen LogP contribution in [-0.4, -0.2) is 10.9 Å². The molecule has 0 bridgehead atoms. The van der Waals surface area contributed by atoms with E-state index in [-0.39, 0.29) is 5.91 Å². The Morgan fingerprint density at radius 3 is 2.69 bits per heavy atom. The SMILES string of the molecule is CC(=O)N(Cc1ccccc1)c1nccs1. The van der Waals surface area contributed by atoms with Crippen molar-refractivity contribution in [3.05, 3.63) is 47.5 Å². The highest BCUT2D eigenvalue weighted by Gasteiger charge is 2.13. The number of carbonyl (C=O) groups excluding carboxylic acids is 1. The van der Waals surface area contributed by atoms with Crippen molar-refractivity contribution in [3.8, 4) is 0 Å². The second-order valence-corrected chi connectivity index (χ2v) is 4.28. The molecular weight excluding hydrogens is 220 g/mol. The Kier molecular flexibility index (Phi) is 3.31. The fourth-order valence-electron chi connectivity index (χ4n) is 1.43. The average Bonchev–Trinajstić information content (AvgIpc) is 2.80. The second-order valence-electron chi connectivity index (χ2n) is 3.41. The van der Waals surface area contributed by atoms with Gasteiger partial charge in [0.25, 0.3) is 0 Å². The summed E-state index contributed by atoms with van der Waals surface area (Å²) in [6.45, 7) is 2.13. The lowest BCUT2D eigenvalue weighted by Gasteiger charge is -2.17. The summed E-state index contributed by atoms with van der Waals surface area (Å²) in [4.78, 5) is 17.4. The zero-order valence-corrected chi connectivity index (χ0v) is 9.78. The summed E-state index contributed by atoms with van der Waals surface area (Å²) in [7, 11) is 0. The van der Waals surface area contributed by atoms with Crippen molar-refractivity contribution >= 4 is 22.4 Å². The number of anilines is 1. The molecule has 0 saturated heterocycles. The lowest BCUT2D eigenvalue weighted by Crippen LogP contribution is -2.27. The molecule has 4 heteroatoms. The fraction of sp³-hybridized carbons (Fsp3) is 0.167. The molecule has 2 aromatic rings. The molecule has 3 nitrogen and oxygen atoms in total. The molecule has 16 heavy (non-hydrogen) atoms. The first-order valence-corrected chi connectivity index (χ1v) is 5.87. The minimum atomic E-state index is 0.0128. The maximum absolute atomic E-state index is 11.5. The third-order valence-corrected chi connectivity index (χ3v) is 3.01. The molecule has 82 valence electrons. The van der Waals surface area contributed by atoms with Crippen LogP contribution in [0.4, 0.5) is 5.13 Å². The van der Waals surface area contributed by atoms with Crippen LogP contribution < -0.4 is 4.90 Å². The lowest BCUT2D eigenvalue weighted by atomic mass is 10.2. The van der Waals surface area contributed by atoms with Gasteiger partial charge in [0.05, 0.1) is 6.54 Å². The monoisotopic (exact) mass is 232 g/mol. The highest BCUT2D eigenvalue weighted by molar-refractivity contribution is 7.13. The summed E-state index contributed by atoms with van der Waals surface area (Å²) < 4.78 is 0. The molecule has 0 aliphatic heterocycles. The normalized spacial score (nSPS) is 10.1. The largest absolute Gasteiger partial charge is 0.284 e. The lowest BCUT2D eigenvalue weighted by molar-refractivity contribution is -0.116. The molecule has 0 unspecified atom stereocenters. The summed E-state index contributed by atoms with van der Waals surface area (Å²) in [5.41, 5.74) is 1.10. The van der Waals surface area contributed by atoms with E-state index in [9.17, 15) is 4.79 Å². The first-order chi connectivity index (χ1) is 7.77. The molecule has 1 aromatic heterocycles. The van der Waals surface area contributed by atoms with E-state index in [2.05, 4.69) is 4.98 Å². The van der Waals surface area contributed by atoms with E-state index in [4.69, 9.17) is 0 Å². The summed E-state index contributed by atoms with van der Waals surface area (Å²) in [5.74, 6) is 0.0128. The van der Waals surface area contributed by atoms with Gasteiger partial charge in [0.15, 0.2) is 5.13 Å². The van der Waals surface area contributed by atoms with Gasteiger partial charge in [-0.25, -0.2) is 4.98 Å². The molecule has 0 saturated carbocycles. The maximum atomic E-state index is 11.5. The number of amides is 1. The topological polar surface area (TPSA) is 33.2 Å². The van der Waals surface area contributed by atoms with Crippen LogP contribution in [0.25, 0.3) is 0 Å². The van der Waals surface area contributed by atoms with Crippen molar-refractivity contribution in [1.29, 1.82) is 0 Å². The first-order valence-electron chi connectivity index (χ1n) is 4.99. The summed E-state index contributed by atoms with van der Waals surface area (Å²) in [6, 6.07) is 9.91. The van der Waals surface area contributed by atoms with Crippen LogP contribution in [-0.2, 0) is 11.3 Å². The number of hydrogen-bond acceptors (Lipinski definition) is 3. The van der Waals surface area contributed by atoms with Crippen LogP contribution in [0, 0.1) is 0 Å². The van der Waals surface area contributed by atoms with Crippen molar-refractivity contribution in [2.75, 3.05) is 4.90 Å². The highest BCUT2D eigenvalue weighted by Crippen LogP contribution is 2.19. The maximum Gasteiger partial charge on any atom is 0.225 e. The predicted molar refractivity (Wildman–Crippen MR) is 65.4 cm³/mol. The molecule has 2 rings (SSSR count). The van der Waals surface area contributed by atoms with Crippen LogP contribution in [0.2, 0.25) is 0 Å². The van der Waals surface area contributed by atoms with Gasteiger partial charge in [0, 0.05) is 18.5 Å². The fourth-order valence-corrected chi connectivity index (χ4v) is 2.11. The number of nitrogens with zero attached hydrogens (tertiary/aromatic N) is 2. The van der Waals surface area contributed by atoms with Crippen molar-refractivity contribution in [2.45, 2.75) is 13.5 Å². The standard InChI is InChI=1S/C12H12N2OS/c1-10(15)14(12-13-7-8-16-12)9-11-5-3-2-4-6-11/h2-8H,9H2,1H3. The van der Waals surface area contributed by atoms with Crippen LogP contribution in [0.15, 0.2) is 41.9 Å². The van der Waals surface area contributed by atoms with Gasteiger partial charge < -0.3 is 0 Å². The molecular formula is C12H12N2OS. The molecule has 0 fully saturated rings. The Morgan fingerprint density at radius 1 is 1.38 bits per heavy atom. The number of rotatable bonds is 3. The number of carbonyl (C=O) groups is 1. The predicted octanol–water partition coefficient (Wildman–Crippen LogP) is 2.70. The van der Waals surface area contributed by atoms with E-state index in [1.807, 2.05) is 35.7 Å². The summed E-state index contributed by atoms with van der Waals surface area (Å²) in [6.07, 6.45) is 1.71. The minimum absolute atomic E-state index is 0.0128. The zero-order valence-electron chi connectivity index (χ0n) is 8.96. The third-order valence-electron chi connectivity index (χ3n) is 2.21. The summed E-state index contributed by atoms with van der Waals surface area (Å²) in [5, 5.41) is 2.62. The van der Waals surface area contributed by atoms with Crippen molar-refractivity contribution in [3.63, 3.8) is 0 Å². The first kappa shape index (κ1) is 10.8. The summed E-state index contributed by atoms with van der Waals surface area (Å²) >= 11 is 1.47. The Hall–Kier alpha value is -1.68. The Labute approximate surface area is 98.4 Å². The number of thiazole rings is 1. The van der Waals surface area contributed by atoms with E-state index >= 15 is 0 Å². The van der Waals surface area contributed by atoms with Gasteiger partial charge in [-0.3, -0.25) is 9.69 Å². The quantitative estimate of drug-likeness (QED) is 0.815. The average molecular weight is 232 g/mol. The van der Waals surface area contributed by atoms with Gasteiger partial charge in [-0.15, -0.1) is 11.3 Å². The Morgan fingerprint density at radius 2 is 2.12 bits per heavy atom. The van der Waals surface area contributed by atoms with Gasteiger partial charge in [0.2, 0.25) is 5.91 Å². The molecule has 1 amide bonds. The van der Waals surface area contributed by atoms with E-state index in [1.165, 1.54) is 11.3 Å². The molecule has 0 radical (unpaired) electrons. The van der Waals surface area contributed by atoms with Crippen molar-refractivity contribution in [1.82, 2.24) is 4.98 Å². The van der Waals surface area contributed by atoms with Crippen LogP contribution in [0.3, 0.4) is 0 Å². The van der Waals surface area contributed by atoms with Gasteiger partial charge in [-0.2, -0.15) is 0 Å². The van der Waals surface area contributed by atoms with Gasteiger partial charge in [0.1, 0.15) is 0 Å². The van der Waals surface area contributed by atoms with Crippen molar-refractivity contribution < 1.29 is 4.79 Å². The van der Waals surface area contributed by atoms with E-state index in [0.29, 0.717) is 6.54 Å². The molecule has 0 N–H and O–H groups in total. The molecule has 1 heterocycles. The van der Waals surface area contributed by atoms with Crippen LogP contribution in [0.5, 0.6) is 0 Å². The van der Waals surface area contributed by atoms with E-state index < -0.39 is 0 Å². The number of aromatic nitrogens is 1. The smallest absolute Gasteiger partial charge is 0.225 e. The Balaban J connectivity index is 2.19. The number of benzene rings is 1. The van der Waals surface area contributed by atoms with Crippen LogP contribution in [0.1, 0.15) is 12.5 Å². The molecule has 0 atom stereocenters. The van der Waals surface area contributed by atoms with Gasteiger partial charge >= 0.3 is 0 Å². The molecule has 0 aliphatic carbocycles.